The van der Waals surface area contributed by atoms with Gasteiger partial charge >= 0.3 is 0 Å². The monoisotopic (exact) mass is 632 g/mol. The maximum absolute atomic E-state index is 13.9. The topological polar surface area (TPSA) is 133 Å². The summed E-state index contributed by atoms with van der Waals surface area (Å²) in [7, 11) is -8.21. The number of nitrogens with zero attached hydrogens (tertiary/aromatic N) is 2. The Labute approximate surface area is 257 Å². The molecule has 0 spiro atoms. The zero-order valence-corrected chi connectivity index (χ0v) is 25.5. The lowest BCUT2D eigenvalue weighted by Gasteiger charge is -2.39. The van der Waals surface area contributed by atoms with Gasteiger partial charge in [-0.1, -0.05) is 78.9 Å². The van der Waals surface area contributed by atoms with E-state index in [1.165, 1.54) is 30.3 Å². The molecule has 2 N–H and O–H groups in total. The van der Waals surface area contributed by atoms with Crippen LogP contribution in [0.2, 0.25) is 0 Å². The van der Waals surface area contributed by atoms with E-state index in [0.717, 1.165) is 14.2 Å². The van der Waals surface area contributed by atoms with Gasteiger partial charge in [0.25, 0.3) is 5.91 Å². The molecule has 0 aliphatic carbocycles. The molecule has 1 aliphatic rings. The molecule has 0 unspecified atom stereocenters. The molecule has 0 saturated carbocycles. The molecule has 228 valence electrons. The molecular formula is C32H32N4O6S2. The highest BCUT2D eigenvalue weighted by atomic mass is 32.2. The largest absolute Gasteiger partial charge is 0.345 e. The molecule has 4 aromatic carbocycles. The smallest absolute Gasteiger partial charge is 0.253 e. The molecule has 0 bridgehead atoms. The lowest BCUT2D eigenvalue weighted by Crippen LogP contribution is -2.60. The Kier molecular flexibility index (Phi) is 9.25. The highest BCUT2D eigenvalue weighted by molar-refractivity contribution is 7.89. The second-order valence-electron chi connectivity index (χ2n) is 10.3. The van der Waals surface area contributed by atoms with E-state index < -0.39 is 44.4 Å². The number of carbonyl (C=O) groups excluding carboxylic acids is 2. The maximum Gasteiger partial charge on any atom is 0.253 e. The van der Waals surface area contributed by atoms with Crippen molar-refractivity contribution in [3.05, 3.63) is 126 Å². The van der Waals surface area contributed by atoms with Crippen LogP contribution < -0.4 is 10.6 Å². The summed E-state index contributed by atoms with van der Waals surface area (Å²) in [5.74, 6) is -1.21. The highest BCUT2D eigenvalue weighted by Gasteiger charge is 2.43. The number of sulfonamides is 2. The van der Waals surface area contributed by atoms with Crippen molar-refractivity contribution in [2.45, 2.75) is 28.8 Å². The molecule has 1 saturated heterocycles. The van der Waals surface area contributed by atoms with Crippen molar-refractivity contribution in [2.24, 2.45) is 0 Å². The lowest BCUT2D eigenvalue weighted by molar-refractivity contribution is -0.120. The number of hydrogen-bond acceptors (Lipinski definition) is 6. The van der Waals surface area contributed by atoms with Gasteiger partial charge in [-0.3, -0.25) is 9.59 Å². The first kappa shape index (κ1) is 31.1. The maximum atomic E-state index is 13.9. The number of anilines is 1. The van der Waals surface area contributed by atoms with Gasteiger partial charge in [0.05, 0.1) is 27.1 Å². The molecule has 1 heterocycles. The summed E-state index contributed by atoms with van der Waals surface area (Å²) in [5, 5.41) is 5.63. The minimum absolute atomic E-state index is 0.0214. The standard InChI is InChI=1S/C32H32N4O6S2/c1-24(25-13-5-2-6-14-25)33-31(37)28-19-11-12-20-29(28)34-32(38)30-23-35(43(39,40)26-15-7-3-8-16-26)21-22-36(30)44(41,42)27-17-9-4-10-18-27/h2-20,24,30H,21-23H2,1H3,(H,33,37)(H,34,38)/t24-,30+/m0/s1. The van der Waals surface area contributed by atoms with Crippen molar-refractivity contribution < 1.29 is 26.4 Å². The van der Waals surface area contributed by atoms with Crippen LogP contribution in [-0.2, 0) is 24.8 Å². The van der Waals surface area contributed by atoms with E-state index in [4.69, 9.17) is 0 Å². The summed E-state index contributed by atoms with van der Waals surface area (Å²) in [4.78, 5) is 27.2. The van der Waals surface area contributed by atoms with E-state index in [2.05, 4.69) is 10.6 Å². The molecule has 0 aromatic heterocycles. The number of rotatable bonds is 9. The lowest BCUT2D eigenvalue weighted by atomic mass is 10.1. The number of benzene rings is 4. The van der Waals surface area contributed by atoms with Crippen molar-refractivity contribution in [3.63, 3.8) is 0 Å². The third kappa shape index (κ3) is 6.58. The Morgan fingerprint density at radius 3 is 1.84 bits per heavy atom. The van der Waals surface area contributed by atoms with E-state index in [1.807, 2.05) is 37.3 Å². The summed E-state index contributed by atoms with van der Waals surface area (Å²) < 4.78 is 56.5. The van der Waals surface area contributed by atoms with Crippen LogP contribution in [0.5, 0.6) is 0 Å². The van der Waals surface area contributed by atoms with Crippen molar-refractivity contribution in [3.8, 4) is 0 Å². The molecule has 2 atom stereocenters. The number of carbonyl (C=O) groups is 2. The minimum atomic E-state index is -4.18. The normalized spacial score (nSPS) is 17.0. The minimum Gasteiger partial charge on any atom is -0.345 e. The first-order valence-corrected chi connectivity index (χ1v) is 16.8. The molecule has 1 fully saturated rings. The van der Waals surface area contributed by atoms with Gasteiger partial charge in [-0.05, 0) is 48.9 Å². The van der Waals surface area contributed by atoms with Crippen LogP contribution in [0.3, 0.4) is 0 Å². The van der Waals surface area contributed by atoms with Crippen LogP contribution in [0.1, 0.15) is 28.9 Å². The Bertz CT molecular complexity index is 1840. The summed E-state index contributed by atoms with van der Waals surface area (Å²) in [6.45, 7) is 1.01. The highest BCUT2D eigenvalue weighted by Crippen LogP contribution is 2.27. The van der Waals surface area contributed by atoms with Crippen molar-refractivity contribution >= 4 is 37.5 Å². The second kappa shape index (κ2) is 13.1. The van der Waals surface area contributed by atoms with Gasteiger partial charge in [0.1, 0.15) is 6.04 Å². The predicted molar refractivity (Wildman–Crippen MR) is 167 cm³/mol. The zero-order valence-electron chi connectivity index (χ0n) is 23.9. The van der Waals surface area contributed by atoms with Crippen LogP contribution >= 0.6 is 0 Å². The van der Waals surface area contributed by atoms with E-state index in [1.54, 1.807) is 54.6 Å². The fourth-order valence-electron chi connectivity index (χ4n) is 5.04. The molecule has 2 amide bonds. The van der Waals surface area contributed by atoms with Crippen molar-refractivity contribution in [1.82, 2.24) is 13.9 Å². The third-order valence-electron chi connectivity index (χ3n) is 7.40. The summed E-state index contributed by atoms with van der Waals surface area (Å²) in [6, 6.07) is 29.4. The van der Waals surface area contributed by atoms with Crippen molar-refractivity contribution in [1.29, 1.82) is 0 Å². The third-order valence-corrected chi connectivity index (χ3v) is 11.2. The van der Waals surface area contributed by atoms with Gasteiger partial charge < -0.3 is 10.6 Å². The second-order valence-corrected chi connectivity index (χ2v) is 14.1. The van der Waals surface area contributed by atoms with E-state index in [9.17, 15) is 26.4 Å². The molecule has 10 nitrogen and oxygen atoms in total. The van der Waals surface area contributed by atoms with Crippen LogP contribution in [0, 0.1) is 0 Å². The zero-order chi connectivity index (χ0) is 31.3. The van der Waals surface area contributed by atoms with Gasteiger partial charge in [-0.25, -0.2) is 16.8 Å². The first-order chi connectivity index (χ1) is 21.1. The molecule has 12 heteroatoms. The number of hydrogen-bond donors (Lipinski definition) is 2. The Balaban J connectivity index is 1.44. The number of para-hydroxylation sites is 1. The number of nitrogens with one attached hydrogen (secondary N) is 2. The number of piperazine rings is 1. The number of amides is 2. The Morgan fingerprint density at radius 1 is 0.705 bits per heavy atom. The van der Waals surface area contributed by atoms with Gasteiger partial charge in [0.15, 0.2) is 0 Å². The first-order valence-electron chi connectivity index (χ1n) is 14.0. The molecule has 4 aromatic rings. The van der Waals surface area contributed by atoms with Gasteiger partial charge in [-0.15, -0.1) is 0 Å². The molecular weight excluding hydrogens is 601 g/mol. The Hall–Kier alpha value is -4.36. The van der Waals surface area contributed by atoms with Crippen LogP contribution in [0.25, 0.3) is 0 Å². The fraction of sp³-hybridized carbons (Fsp3) is 0.188. The van der Waals surface area contributed by atoms with Gasteiger partial charge in [0, 0.05) is 19.6 Å². The molecule has 5 rings (SSSR count). The molecule has 0 radical (unpaired) electrons. The van der Waals surface area contributed by atoms with Crippen molar-refractivity contribution in [2.75, 3.05) is 25.0 Å². The Morgan fingerprint density at radius 2 is 1.23 bits per heavy atom. The summed E-state index contributed by atoms with van der Waals surface area (Å²) >= 11 is 0. The molecule has 44 heavy (non-hydrogen) atoms. The quantitative estimate of drug-likeness (QED) is 0.288. The average molecular weight is 633 g/mol. The SMILES string of the molecule is C[C@H](NC(=O)c1ccccc1NC(=O)[C@H]1CN(S(=O)(=O)c2ccccc2)CCN1S(=O)(=O)c1ccccc1)c1ccccc1. The molecule has 1 aliphatic heterocycles. The van der Waals surface area contributed by atoms with Crippen LogP contribution in [-0.4, -0.2) is 62.9 Å². The summed E-state index contributed by atoms with van der Waals surface area (Å²) in [5.41, 5.74) is 1.23. The fourth-order valence-corrected chi connectivity index (χ4v) is 8.09. The predicted octanol–water partition coefficient (Wildman–Crippen LogP) is 3.88. The van der Waals surface area contributed by atoms with E-state index in [-0.39, 0.29) is 40.2 Å². The van der Waals surface area contributed by atoms with Gasteiger partial charge in [-0.2, -0.15) is 8.61 Å². The van der Waals surface area contributed by atoms with Crippen LogP contribution in [0.4, 0.5) is 5.69 Å². The average Bonchev–Trinajstić information content (AvgIpc) is 3.05. The van der Waals surface area contributed by atoms with E-state index in [0.29, 0.717) is 0 Å². The van der Waals surface area contributed by atoms with Crippen LogP contribution in [0.15, 0.2) is 125 Å². The van der Waals surface area contributed by atoms with Gasteiger partial charge in [0.2, 0.25) is 26.0 Å². The van der Waals surface area contributed by atoms with E-state index >= 15 is 0 Å². The summed E-state index contributed by atoms with van der Waals surface area (Å²) in [6.07, 6.45) is 0.